The first-order valence-electron chi connectivity index (χ1n) is 8.77. The van der Waals surface area contributed by atoms with Crippen LogP contribution in [0.5, 0.6) is 0 Å². The van der Waals surface area contributed by atoms with Gasteiger partial charge in [0.25, 0.3) is 0 Å². The Bertz CT molecular complexity index is 1080. The van der Waals surface area contributed by atoms with Crippen molar-refractivity contribution in [3.63, 3.8) is 0 Å². The zero-order valence-corrected chi connectivity index (χ0v) is 15.7. The summed E-state index contributed by atoms with van der Waals surface area (Å²) in [6, 6.07) is 24.0. The molecule has 134 valence electrons. The van der Waals surface area contributed by atoms with Crippen LogP contribution in [0.1, 0.15) is 11.1 Å². The van der Waals surface area contributed by atoms with E-state index in [1.165, 1.54) is 5.56 Å². The van der Waals surface area contributed by atoms with Crippen LogP contribution in [0.3, 0.4) is 0 Å². The molecule has 2 N–H and O–H groups in total. The Morgan fingerprint density at radius 3 is 2.48 bits per heavy atom. The third-order valence-corrected chi connectivity index (χ3v) is 4.83. The van der Waals surface area contributed by atoms with E-state index in [1.54, 1.807) is 0 Å². The van der Waals surface area contributed by atoms with Crippen LogP contribution in [-0.4, -0.2) is 9.97 Å². The number of nitrogens with one attached hydrogen (secondary N) is 2. The lowest BCUT2D eigenvalue weighted by Crippen LogP contribution is -2.06. The van der Waals surface area contributed by atoms with Gasteiger partial charge in [-0.25, -0.2) is 4.98 Å². The van der Waals surface area contributed by atoms with Gasteiger partial charge in [-0.05, 0) is 42.3 Å². The van der Waals surface area contributed by atoms with E-state index in [2.05, 4.69) is 27.8 Å². The van der Waals surface area contributed by atoms with E-state index < -0.39 is 0 Å². The highest BCUT2D eigenvalue weighted by atomic mass is 35.5. The standard InChI is InChI=1S/C22H19ClN4/c1-15-18(23)11-7-13-19(15)25-22-26-20-12-6-5-10-17(20)21(27-22)24-14-16-8-3-2-4-9-16/h2-13H,14H2,1H3,(H2,24,25,26,27). The van der Waals surface area contributed by atoms with E-state index in [-0.39, 0.29) is 0 Å². The van der Waals surface area contributed by atoms with Crippen molar-refractivity contribution in [2.45, 2.75) is 13.5 Å². The van der Waals surface area contributed by atoms with Gasteiger partial charge in [-0.2, -0.15) is 4.98 Å². The van der Waals surface area contributed by atoms with Gasteiger partial charge in [0.15, 0.2) is 0 Å². The Morgan fingerprint density at radius 1 is 0.852 bits per heavy atom. The van der Waals surface area contributed by atoms with Gasteiger partial charge < -0.3 is 10.6 Å². The molecule has 4 nitrogen and oxygen atoms in total. The van der Waals surface area contributed by atoms with Crippen molar-refractivity contribution in [1.82, 2.24) is 9.97 Å². The first-order chi connectivity index (χ1) is 13.2. The minimum absolute atomic E-state index is 0.537. The molecule has 3 aromatic carbocycles. The van der Waals surface area contributed by atoms with E-state index >= 15 is 0 Å². The van der Waals surface area contributed by atoms with Crippen LogP contribution in [0.2, 0.25) is 5.02 Å². The van der Waals surface area contributed by atoms with Crippen LogP contribution in [0.25, 0.3) is 10.9 Å². The number of aromatic nitrogens is 2. The lowest BCUT2D eigenvalue weighted by molar-refractivity contribution is 1.10. The molecule has 4 aromatic rings. The van der Waals surface area contributed by atoms with E-state index in [4.69, 9.17) is 16.6 Å². The van der Waals surface area contributed by atoms with Crippen molar-refractivity contribution >= 4 is 40.0 Å². The molecule has 0 unspecified atom stereocenters. The van der Waals surface area contributed by atoms with Crippen LogP contribution in [0.4, 0.5) is 17.5 Å². The summed E-state index contributed by atoms with van der Waals surface area (Å²) in [5.41, 5.74) is 3.94. The SMILES string of the molecule is Cc1c(Cl)cccc1Nc1nc(NCc2ccccc2)c2ccccc2n1. The number of nitrogens with zero attached hydrogens (tertiary/aromatic N) is 2. The van der Waals surface area contributed by atoms with Crippen molar-refractivity contribution in [3.8, 4) is 0 Å². The molecule has 4 rings (SSSR count). The first-order valence-corrected chi connectivity index (χ1v) is 9.15. The molecular formula is C22H19ClN4. The lowest BCUT2D eigenvalue weighted by Gasteiger charge is -2.13. The second kappa shape index (κ2) is 7.64. The van der Waals surface area contributed by atoms with Crippen molar-refractivity contribution in [2.24, 2.45) is 0 Å². The highest BCUT2D eigenvalue weighted by Crippen LogP contribution is 2.27. The van der Waals surface area contributed by atoms with Gasteiger partial charge in [0, 0.05) is 22.6 Å². The molecule has 0 saturated heterocycles. The van der Waals surface area contributed by atoms with Crippen molar-refractivity contribution < 1.29 is 0 Å². The molecule has 0 aliphatic heterocycles. The highest BCUT2D eigenvalue weighted by molar-refractivity contribution is 6.31. The van der Waals surface area contributed by atoms with Crippen molar-refractivity contribution in [2.75, 3.05) is 10.6 Å². The Balaban J connectivity index is 1.68. The molecule has 0 aliphatic carbocycles. The van der Waals surface area contributed by atoms with Gasteiger partial charge >= 0.3 is 0 Å². The summed E-state index contributed by atoms with van der Waals surface area (Å²) in [6.07, 6.45) is 0. The number of halogens is 1. The summed E-state index contributed by atoms with van der Waals surface area (Å²) >= 11 is 6.23. The van der Waals surface area contributed by atoms with Crippen molar-refractivity contribution in [3.05, 3.63) is 88.9 Å². The number of benzene rings is 3. The maximum Gasteiger partial charge on any atom is 0.229 e. The molecule has 0 bridgehead atoms. The van der Waals surface area contributed by atoms with Crippen LogP contribution >= 0.6 is 11.6 Å². The molecule has 0 amide bonds. The zero-order valence-electron chi connectivity index (χ0n) is 14.9. The summed E-state index contributed by atoms with van der Waals surface area (Å²) < 4.78 is 0. The average Bonchev–Trinajstić information content (AvgIpc) is 2.70. The summed E-state index contributed by atoms with van der Waals surface area (Å²) in [5.74, 6) is 1.33. The van der Waals surface area contributed by atoms with Crippen LogP contribution in [-0.2, 0) is 6.54 Å². The molecule has 27 heavy (non-hydrogen) atoms. The highest BCUT2D eigenvalue weighted by Gasteiger charge is 2.09. The van der Waals surface area contributed by atoms with Gasteiger partial charge in [0.05, 0.1) is 5.52 Å². The normalized spacial score (nSPS) is 10.7. The molecule has 0 saturated carbocycles. The summed E-state index contributed by atoms with van der Waals surface area (Å²) in [6.45, 7) is 2.66. The second-order valence-corrected chi connectivity index (χ2v) is 6.70. The molecule has 5 heteroatoms. The van der Waals surface area contributed by atoms with E-state index in [1.807, 2.05) is 67.6 Å². The van der Waals surface area contributed by atoms with Gasteiger partial charge in [-0.15, -0.1) is 0 Å². The summed E-state index contributed by atoms with van der Waals surface area (Å²) in [4.78, 5) is 9.36. The number of fused-ring (bicyclic) bond motifs is 1. The largest absolute Gasteiger partial charge is 0.365 e. The van der Waals surface area contributed by atoms with Gasteiger partial charge in [0.2, 0.25) is 5.95 Å². The minimum atomic E-state index is 0.537. The number of para-hydroxylation sites is 1. The minimum Gasteiger partial charge on any atom is -0.365 e. The van der Waals surface area contributed by atoms with Gasteiger partial charge in [-0.3, -0.25) is 0 Å². The molecule has 0 aliphatic rings. The van der Waals surface area contributed by atoms with Crippen LogP contribution in [0, 0.1) is 6.92 Å². The molecule has 1 aromatic heterocycles. The monoisotopic (exact) mass is 374 g/mol. The first kappa shape index (κ1) is 17.3. The smallest absolute Gasteiger partial charge is 0.229 e. The Hall–Kier alpha value is -3.11. The fraction of sp³-hybridized carbons (Fsp3) is 0.0909. The quantitative estimate of drug-likeness (QED) is 0.453. The van der Waals surface area contributed by atoms with E-state index in [0.717, 1.165) is 28.0 Å². The van der Waals surface area contributed by atoms with Crippen molar-refractivity contribution in [1.29, 1.82) is 0 Å². The number of hydrogen-bond acceptors (Lipinski definition) is 4. The van der Waals surface area contributed by atoms with Crippen LogP contribution < -0.4 is 10.6 Å². The molecule has 0 atom stereocenters. The lowest BCUT2D eigenvalue weighted by atomic mass is 10.2. The Kier molecular flexibility index (Phi) is 4.90. The molecular weight excluding hydrogens is 356 g/mol. The predicted molar refractivity (Wildman–Crippen MR) is 113 cm³/mol. The molecule has 0 fully saturated rings. The maximum atomic E-state index is 6.23. The molecule has 0 radical (unpaired) electrons. The third-order valence-electron chi connectivity index (χ3n) is 4.42. The predicted octanol–water partition coefficient (Wildman–Crippen LogP) is 5.95. The Morgan fingerprint density at radius 2 is 1.63 bits per heavy atom. The number of hydrogen-bond donors (Lipinski definition) is 2. The summed E-state index contributed by atoms with van der Waals surface area (Å²) in [7, 11) is 0. The zero-order chi connectivity index (χ0) is 18.6. The third kappa shape index (κ3) is 3.86. The van der Waals surface area contributed by atoms with Gasteiger partial charge in [0.1, 0.15) is 5.82 Å². The van der Waals surface area contributed by atoms with Gasteiger partial charge in [-0.1, -0.05) is 60.1 Å². The number of rotatable bonds is 5. The number of anilines is 3. The Labute approximate surface area is 163 Å². The van der Waals surface area contributed by atoms with E-state index in [9.17, 15) is 0 Å². The second-order valence-electron chi connectivity index (χ2n) is 6.29. The molecule has 0 spiro atoms. The fourth-order valence-electron chi connectivity index (χ4n) is 2.91. The maximum absolute atomic E-state index is 6.23. The molecule has 1 heterocycles. The topological polar surface area (TPSA) is 49.8 Å². The van der Waals surface area contributed by atoms with E-state index in [0.29, 0.717) is 17.5 Å². The van der Waals surface area contributed by atoms with Crippen LogP contribution in [0.15, 0.2) is 72.8 Å². The fourth-order valence-corrected chi connectivity index (χ4v) is 3.09. The summed E-state index contributed by atoms with van der Waals surface area (Å²) in [5, 5.41) is 8.44. The average molecular weight is 375 g/mol.